The highest BCUT2D eigenvalue weighted by Gasteiger charge is 2.26. The second-order valence-corrected chi connectivity index (χ2v) is 4.40. The first-order chi connectivity index (χ1) is 10.2. The molecule has 1 aliphatic heterocycles. The van der Waals surface area contributed by atoms with Crippen LogP contribution in [0, 0.1) is 0 Å². The average molecular weight is 293 g/mol. The summed E-state index contributed by atoms with van der Waals surface area (Å²) in [5.74, 6) is 0.691. The van der Waals surface area contributed by atoms with Gasteiger partial charge in [0.05, 0.1) is 38.0 Å². The summed E-state index contributed by atoms with van der Waals surface area (Å²) in [6.07, 6.45) is 1.71. The molecule has 0 saturated carbocycles. The molecule has 0 fully saturated rings. The van der Waals surface area contributed by atoms with Crippen molar-refractivity contribution in [3.8, 4) is 11.5 Å². The van der Waals surface area contributed by atoms with E-state index in [-0.39, 0.29) is 5.92 Å². The summed E-state index contributed by atoms with van der Waals surface area (Å²) in [7, 11) is 1.34. The maximum atomic E-state index is 11.8. The number of ether oxygens (including phenoxy) is 3. The van der Waals surface area contributed by atoms with Crippen molar-refractivity contribution in [2.24, 2.45) is 5.16 Å². The Balaban J connectivity index is 2.52. The maximum Gasteiger partial charge on any atom is 0.338 e. The van der Waals surface area contributed by atoms with Crippen molar-refractivity contribution in [2.75, 3.05) is 26.9 Å². The smallest absolute Gasteiger partial charge is 0.338 e. The lowest BCUT2D eigenvalue weighted by molar-refractivity contribution is 0.0599. The highest BCUT2D eigenvalue weighted by atomic mass is 16.6. The Morgan fingerprint density at radius 3 is 2.33 bits per heavy atom. The lowest BCUT2D eigenvalue weighted by atomic mass is 9.97. The SMILES string of the molecule is CCOc1cc(C(=O)OC)cc(OCC)c1C1C=NOC1. The summed E-state index contributed by atoms with van der Waals surface area (Å²) in [5, 5.41) is 3.79. The Bertz CT molecular complexity index is 514. The number of rotatable bonds is 6. The third-order valence-electron chi connectivity index (χ3n) is 3.07. The van der Waals surface area contributed by atoms with Gasteiger partial charge in [0.1, 0.15) is 18.1 Å². The summed E-state index contributed by atoms with van der Waals surface area (Å²) in [5.41, 5.74) is 1.23. The van der Waals surface area contributed by atoms with Gasteiger partial charge < -0.3 is 19.0 Å². The van der Waals surface area contributed by atoms with Crippen molar-refractivity contribution in [3.05, 3.63) is 23.3 Å². The fourth-order valence-corrected chi connectivity index (χ4v) is 2.19. The van der Waals surface area contributed by atoms with E-state index in [1.165, 1.54) is 7.11 Å². The predicted molar refractivity (Wildman–Crippen MR) is 77.3 cm³/mol. The molecular formula is C15H19NO5. The van der Waals surface area contributed by atoms with E-state index in [1.54, 1.807) is 18.3 Å². The number of carbonyl (C=O) groups is 1. The zero-order chi connectivity index (χ0) is 15.2. The molecule has 0 aromatic heterocycles. The summed E-state index contributed by atoms with van der Waals surface area (Å²) in [6.45, 7) is 5.15. The molecule has 1 unspecified atom stereocenters. The zero-order valence-electron chi connectivity index (χ0n) is 12.4. The van der Waals surface area contributed by atoms with E-state index in [0.717, 1.165) is 5.56 Å². The summed E-state index contributed by atoms with van der Waals surface area (Å²) in [6, 6.07) is 3.33. The van der Waals surface area contributed by atoms with Crippen LogP contribution in [-0.4, -0.2) is 39.1 Å². The quantitative estimate of drug-likeness (QED) is 0.753. The zero-order valence-corrected chi connectivity index (χ0v) is 12.4. The van der Waals surface area contributed by atoms with Gasteiger partial charge in [0, 0.05) is 5.56 Å². The average Bonchev–Trinajstić information content (AvgIpc) is 3.00. The number of hydrogen-bond donors (Lipinski definition) is 0. The van der Waals surface area contributed by atoms with Crippen LogP contribution in [0.2, 0.25) is 0 Å². The third kappa shape index (κ3) is 3.26. The van der Waals surface area contributed by atoms with Crippen molar-refractivity contribution in [3.63, 3.8) is 0 Å². The number of hydrogen-bond acceptors (Lipinski definition) is 6. The van der Waals surface area contributed by atoms with Crippen LogP contribution in [0.3, 0.4) is 0 Å². The predicted octanol–water partition coefficient (Wildman–Crippen LogP) is 2.37. The Morgan fingerprint density at radius 2 is 1.90 bits per heavy atom. The molecule has 6 nitrogen and oxygen atoms in total. The minimum absolute atomic E-state index is 0.0557. The molecule has 1 aliphatic rings. The molecule has 6 heteroatoms. The number of methoxy groups -OCH3 is 1. The van der Waals surface area contributed by atoms with Crippen molar-refractivity contribution < 1.29 is 23.8 Å². The highest BCUT2D eigenvalue weighted by molar-refractivity contribution is 5.91. The van der Waals surface area contributed by atoms with Gasteiger partial charge in [-0.15, -0.1) is 0 Å². The monoisotopic (exact) mass is 293 g/mol. The van der Waals surface area contributed by atoms with Crippen LogP contribution in [0.5, 0.6) is 11.5 Å². The maximum absolute atomic E-state index is 11.8. The second-order valence-electron chi connectivity index (χ2n) is 4.40. The lowest BCUT2D eigenvalue weighted by Gasteiger charge is -2.18. The molecule has 0 aliphatic carbocycles. The van der Waals surface area contributed by atoms with Crippen molar-refractivity contribution in [1.82, 2.24) is 0 Å². The van der Waals surface area contributed by atoms with Gasteiger partial charge in [0.25, 0.3) is 0 Å². The van der Waals surface area contributed by atoms with E-state index in [9.17, 15) is 4.79 Å². The standard InChI is InChI=1S/C15H19NO5/c1-4-19-12-6-10(15(17)18-3)7-13(20-5-2)14(12)11-8-16-21-9-11/h6-8,11H,4-5,9H2,1-3H3. The van der Waals surface area contributed by atoms with E-state index in [1.807, 2.05) is 13.8 Å². The normalized spacial score (nSPS) is 16.4. The van der Waals surface area contributed by atoms with Crippen LogP contribution < -0.4 is 9.47 Å². The van der Waals surface area contributed by atoms with Gasteiger partial charge in [0.15, 0.2) is 0 Å². The van der Waals surface area contributed by atoms with Crippen LogP contribution in [0.25, 0.3) is 0 Å². The minimum Gasteiger partial charge on any atom is -0.493 e. The molecule has 21 heavy (non-hydrogen) atoms. The molecule has 0 N–H and O–H groups in total. The highest BCUT2D eigenvalue weighted by Crippen LogP contribution is 2.38. The molecule has 1 atom stereocenters. The Hall–Kier alpha value is -2.24. The molecule has 0 saturated heterocycles. The first-order valence-corrected chi connectivity index (χ1v) is 6.88. The van der Waals surface area contributed by atoms with Crippen LogP contribution in [0.1, 0.15) is 35.7 Å². The summed E-state index contributed by atoms with van der Waals surface area (Å²) < 4.78 is 16.1. The molecule has 1 aromatic rings. The topological polar surface area (TPSA) is 66.4 Å². The van der Waals surface area contributed by atoms with Crippen molar-refractivity contribution in [2.45, 2.75) is 19.8 Å². The molecule has 0 bridgehead atoms. The molecule has 0 radical (unpaired) electrons. The van der Waals surface area contributed by atoms with Gasteiger partial charge in [-0.3, -0.25) is 0 Å². The molecule has 0 spiro atoms. The van der Waals surface area contributed by atoms with E-state index in [0.29, 0.717) is 36.9 Å². The molecule has 114 valence electrons. The number of esters is 1. The molecular weight excluding hydrogens is 274 g/mol. The summed E-state index contributed by atoms with van der Waals surface area (Å²) in [4.78, 5) is 16.8. The number of benzene rings is 1. The molecule has 1 aromatic carbocycles. The molecule has 1 heterocycles. The van der Waals surface area contributed by atoms with E-state index < -0.39 is 5.97 Å². The fourth-order valence-electron chi connectivity index (χ4n) is 2.19. The van der Waals surface area contributed by atoms with Gasteiger partial charge in [-0.25, -0.2) is 4.79 Å². The molecule has 2 rings (SSSR count). The third-order valence-corrected chi connectivity index (χ3v) is 3.07. The lowest BCUT2D eigenvalue weighted by Crippen LogP contribution is -2.11. The van der Waals surface area contributed by atoms with Crippen molar-refractivity contribution >= 4 is 12.2 Å². The first-order valence-electron chi connectivity index (χ1n) is 6.88. The largest absolute Gasteiger partial charge is 0.493 e. The fraction of sp³-hybridized carbons (Fsp3) is 0.467. The van der Waals surface area contributed by atoms with Crippen molar-refractivity contribution in [1.29, 1.82) is 0 Å². The van der Waals surface area contributed by atoms with E-state index >= 15 is 0 Å². The van der Waals surface area contributed by atoms with E-state index in [4.69, 9.17) is 19.0 Å². The Kier molecular flexibility index (Phi) is 5.03. The van der Waals surface area contributed by atoms with Crippen LogP contribution in [0.4, 0.5) is 0 Å². The Labute approximate surface area is 123 Å². The second kappa shape index (κ2) is 6.97. The van der Waals surface area contributed by atoms with Crippen LogP contribution in [0.15, 0.2) is 17.3 Å². The number of oxime groups is 1. The Morgan fingerprint density at radius 1 is 1.29 bits per heavy atom. The van der Waals surface area contributed by atoms with E-state index in [2.05, 4.69) is 5.16 Å². The van der Waals surface area contributed by atoms with Crippen LogP contribution >= 0.6 is 0 Å². The van der Waals surface area contributed by atoms with Gasteiger partial charge in [-0.2, -0.15) is 0 Å². The molecule has 0 amide bonds. The first kappa shape index (κ1) is 15.2. The van der Waals surface area contributed by atoms with Crippen LogP contribution in [-0.2, 0) is 9.57 Å². The summed E-state index contributed by atoms with van der Waals surface area (Å²) >= 11 is 0. The van der Waals surface area contributed by atoms with Gasteiger partial charge in [-0.1, -0.05) is 5.16 Å². The van der Waals surface area contributed by atoms with Gasteiger partial charge in [-0.05, 0) is 26.0 Å². The number of carbonyl (C=O) groups excluding carboxylic acids is 1. The number of nitrogens with zero attached hydrogens (tertiary/aromatic N) is 1. The minimum atomic E-state index is -0.431. The van der Waals surface area contributed by atoms with Gasteiger partial charge >= 0.3 is 5.97 Å². The van der Waals surface area contributed by atoms with Gasteiger partial charge in [0.2, 0.25) is 0 Å².